The number of hydrogen-bond donors (Lipinski definition) is 1. The molecule has 162 valence electrons. The summed E-state index contributed by atoms with van der Waals surface area (Å²) >= 11 is 0. The number of H-pyrrole nitrogens is 1. The Morgan fingerprint density at radius 2 is 1.83 bits per heavy atom. The molecular formula is C21H27N3O5S. The molecule has 2 aliphatic heterocycles. The molecule has 3 heterocycles. The smallest absolute Gasteiger partial charge is 0.270 e. The minimum atomic E-state index is -3.57. The van der Waals surface area contributed by atoms with Gasteiger partial charge in [0.1, 0.15) is 22.1 Å². The van der Waals surface area contributed by atoms with Gasteiger partial charge in [-0.3, -0.25) is 4.79 Å². The Kier molecular flexibility index (Phi) is 5.75. The lowest BCUT2D eigenvalue weighted by Crippen LogP contribution is -2.31. The summed E-state index contributed by atoms with van der Waals surface area (Å²) in [6.07, 6.45) is 4.81. The van der Waals surface area contributed by atoms with E-state index >= 15 is 0 Å². The van der Waals surface area contributed by atoms with E-state index in [4.69, 9.17) is 9.47 Å². The summed E-state index contributed by atoms with van der Waals surface area (Å²) in [7, 11) is -0.360. The SMILES string of the molecule is COc1ccc(OC)c([C@H]2CCCN2C(=O)c2cc(S(=O)(=O)N3CCCC3)c[nH]2)c1. The van der Waals surface area contributed by atoms with Crippen LogP contribution in [0.4, 0.5) is 0 Å². The molecule has 1 N–H and O–H groups in total. The predicted molar refractivity (Wildman–Crippen MR) is 111 cm³/mol. The van der Waals surface area contributed by atoms with Crippen molar-refractivity contribution in [2.75, 3.05) is 33.9 Å². The molecule has 0 saturated carbocycles. The number of aromatic amines is 1. The van der Waals surface area contributed by atoms with E-state index in [2.05, 4.69) is 4.98 Å². The van der Waals surface area contributed by atoms with E-state index in [-0.39, 0.29) is 22.5 Å². The Hall–Kier alpha value is -2.52. The molecule has 1 atom stereocenters. The number of carbonyl (C=O) groups is 1. The Labute approximate surface area is 176 Å². The summed E-state index contributed by atoms with van der Waals surface area (Å²) in [5, 5.41) is 0. The Morgan fingerprint density at radius 3 is 2.53 bits per heavy atom. The molecule has 0 spiro atoms. The van der Waals surface area contributed by atoms with E-state index in [9.17, 15) is 13.2 Å². The number of nitrogens with zero attached hydrogens (tertiary/aromatic N) is 2. The van der Waals surface area contributed by atoms with Crippen LogP contribution < -0.4 is 9.47 Å². The fourth-order valence-corrected chi connectivity index (χ4v) is 5.82. The molecule has 2 aliphatic rings. The van der Waals surface area contributed by atoms with Gasteiger partial charge in [0.05, 0.1) is 20.3 Å². The summed E-state index contributed by atoms with van der Waals surface area (Å²) in [4.78, 5) is 18.1. The molecule has 0 radical (unpaired) electrons. The maximum Gasteiger partial charge on any atom is 0.270 e. The van der Waals surface area contributed by atoms with E-state index in [1.54, 1.807) is 19.1 Å². The molecule has 2 aromatic rings. The minimum Gasteiger partial charge on any atom is -0.497 e. The van der Waals surface area contributed by atoms with Crippen LogP contribution >= 0.6 is 0 Å². The van der Waals surface area contributed by atoms with Gasteiger partial charge in [0.2, 0.25) is 10.0 Å². The van der Waals surface area contributed by atoms with Crippen LogP contribution in [0.25, 0.3) is 0 Å². The van der Waals surface area contributed by atoms with Crippen molar-refractivity contribution < 1.29 is 22.7 Å². The lowest BCUT2D eigenvalue weighted by atomic mass is 10.0. The first-order valence-electron chi connectivity index (χ1n) is 10.2. The quantitative estimate of drug-likeness (QED) is 0.756. The second-order valence-electron chi connectivity index (χ2n) is 7.62. The third kappa shape index (κ3) is 3.67. The van der Waals surface area contributed by atoms with Crippen molar-refractivity contribution in [1.29, 1.82) is 0 Å². The minimum absolute atomic E-state index is 0.141. The molecule has 8 nitrogen and oxygen atoms in total. The number of likely N-dealkylation sites (tertiary alicyclic amines) is 1. The van der Waals surface area contributed by atoms with Crippen LogP contribution in [0.15, 0.2) is 35.4 Å². The zero-order chi connectivity index (χ0) is 21.3. The van der Waals surface area contributed by atoms with E-state index in [1.807, 2.05) is 18.2 Å². The summed E-state index contributed by atoms with van der Waals surface area (Å²) in [6, 6.07) is 6.85. The van der Waals surface area contributed by atoms with E-state index in [0.29, 0.717) is 31.1 Å². The lowest BCUT2D eigenvalue weighted by Gasteiger charge is -2.26. The molecule has 4 rings (SSSR count). The number of sulfonamides is 1. The van der Waals surface area contributed by atoms with Crippen LogP contribution in [0.5, 0.6) is 11.5 Å². The van der Waals surface area contributed by atoms with Crippen molar-refractivity contribution in [2.24, 2.45) is 0 Å². The Balaban J connectivity index is 1.60. The molecule has 0 aliphatic carbocycles. The summed E-state index contributed by atoms with van der Waals surface area (Å²) in [5.41, 5.74) is 1.17. The third-order valence-electron chi connectivity index (χ3n) is 5.90. The van der Waals surface area contributed by atoms with Gasteiger partial charge >= 0.3 is 0 Å². The summed E-state index contributed by atoms with van der Waals surface area (Å²) in [6.45, 7) is 1.65. The second kappa shape index (κ2) is 8.31. The normalized spacial score (nSPS) is 19.9. The zero-order valence-corrected chi connectivity index (χ0v) is 18.1. The first-order valence-corrected chi connectivity index (χ1v) is 11.6. The van der Waals surface area contributed by atoms with Crippen molar-refractivity contribution in [3.05, 3.63) is 41.7 Å². The van der Waals surface area contributed by atoms with Gasteiger partial charge in [0.15, 0.2) is 0 Å². The molecule has 9 heteroatoms. The Morgan fingerprint density at radius 1 is 1.07 bits per heavy atom. The van der Waals surface area contributed by atoms with Gasteiger partial charge in [-0.2, -0.15) is 4.31 Å². The molecule has 30 heavy (non-hydrogen) atoms. The average Bonchev–Trinajstić information content (AvgIpc) is 3.53. The molecule has 1 amide bonds. The largest absolute Gasteiger partial charge is 0.497 e. The number of aromatic nitrogens is 1. The molecule has 0 bridgehead atoms. The van der Waals surface area contributed by atoms with Gasteiger partial charge in [0, 0.05) is 31.4 Å². The highest BCUT2D eigenvalue weighted by molar-refractivity contribution is 7.89. The standard InChI is InChI=1S/C21H27N3O5S/c1-28-15-7-8-20(29-2)17(12-15)19-6-5-11-24(19)21(25)18-13-16(14-22-18)30(26,27)23-9-3-4-10-23/h7-8,12-14,19,22H,3-6,9-11H2,1-2H3/t19-/m1/s1. The van der Waals surface area contributed by atoms with Gasteiger partial charge in [-0.15, -0.1) is 0 Å². The van der Waals surface area contributed by atoms with Gasteiger partial charge in [-0.25, -0.2) is 8.42 Å². The van der Waals surface area contributed by atoms with Crippen molar-refractivity contribution in [3.8, 4) is 11.5 Å². The molecule has 1 aromatic carbocycles. The van der Waals surface area contributed by atoms with Crippen LogP contribution in [-0.4, -0.2) is 62.4 Å². The van der Waals surface area contributed by atoms with Crippen molar-refractivity contribution >= 4 is 15.9 Å². The molecule has 2 fully saturated rings. The number of ether oxygens (including phenoxy) is 2. The summed E-state index contributed by atoms with van der Waals surface area (Å²) in [5.74, 6) is 1.18. The third-order valence-corrected chi connectivity index (χ3v) is 7.78. The molecular weight excluding hydrogens is 406 g/mol. The van der Waals surface area contributed by atoms with Crippen molar-refractivity contribution in [1.82, 2.24) is 14.2 Å². The lowest BCUT2D eigenvalue weighted by molar-refractivity contribution is 0.0728. The fourth-order valence-electron chi connectivity index (χ4n) is 4.31. The summed E-state index contributed by atoms with van der Waals surface area (Å²) < 4.78 is 37.9. The van der Waals surface area contributed by atoms with E-state index < -0.39 is 10.0 Å². The maximum atomic E-state index is 13.3. The number of amides is 1. The van der Waals surface area contributed by atoms with Crippen LogP contribution in [0.2, 0.25) is 0 Å². The first kappa shape index (κ1) is 20.7. The van der Waals surface area contributed by atoms with Crippen LogP contribution in [0.1, 0.15) is 47.8 Å². The highest BCUT2D eigenvalue weighted by Crippen LogP contribution is 2.39. The van der Waals surface area contributed by atoms with Crippen LogP contribution in [0.3, 0.4) is 0 Å². The number of methoxy groups -OCH3 is 2. The second-order valence-corrected chi connectivity index (χ2v) is 9.56. The Bertz CT molecular complexity index is 1030. The van der Waals surface area contributed by atoms with Crippen LogP contribution in [-0.2, 0) is 10.0 Å². The topological polar surface area (TPSA) is 91.9 Å². The average molecular weight is 434 g/mol. The van der Waals surface area contributed by atoms with Gasteiger partial charge in [0.25, 0.3) is 5.91 Å². The highest BCUT2D eigenvalue weighted by atomic mass is 32.2. The maximum absolute atomic E-state index is 13.3. The highest BCUT2D eigenvalue weighted by Gasteiger charge is 2.34. The van der Waals surface area contributed by atoms with Crippen LogP contribution in [0, 0.1) is 0 Å². The predicted octanol–water partition coefficient (Wildman–Crippen LogP) is 2.79. The van der Waals surface area contributed by atoms with E-state index in [1.165, 1.54) is 16.6 Å². The molecule has 2 saturated heterocycles. The number of hydrogen-bond acceptors (Lipinski definition) is 5. The van der Waals surface area contributed by atoms with Crippen molar-refractivity contribution in [3.63, 3.8) is 0 Å². The zero-order valence-electron chi connectivity index (χ0n) is 17.3. The molecule has 0 unspecified atom stereocenters. The first-order chi connectivity index (χ1) is 14.5. The van der Waals surface area contributed by atoms with Crippen molar-refractivity contribution in [2.45, 2.75) is 36.6 Å². The number of benzene rings is 1. The molecule has 1 aromatic heterocycles. The number of nitrogens with one attached hydrogen (secondary N) is 1. The monoisotopic (exact) mass is 433 g/mol. The van der Waals surface area contributed by atoms with Gasteiger partial charge in [-0.05, 0) is 49.9 Å². The number of rotatable bonds is 6. The van der Waals surface area contributed by atoms with E-state index in [0.717, 1.165) is 31.2 Å². The number of carbonyl (C=O) groups excluding carboxylic acids is 1. The van der Waals surface area contributed by atoms with Gasteiger partial charge in [-0.1, -0.05) is 0 Å². The van der Waals surface area contributed by atoms with Gasteiger partial charge < -0.3 is 19.4 Å². The fraction of sp³-hybridized carbons (Fsp3) is 0.476.